The Balaban J connectivity index is 2.00. The van der Waals surface area contributed by atoms with E-state index in [0.717, 1.165) is 43.7 Å². The number of rotatable bonds is 12. The van der Waals surface area contributed by atoms with E-state index in [9.17, 15) is 10.4 Å². The van der Waals surface area contributed by atoms with E-state index in [0.29, 0.717) is 37.2 Å². The third-order valence-corrected chi connectivity index (χ3v) is 6.48. The highest BCUT2D eigenvalue weighted by Gasteiger charge is 2.18. The number of benzene rings is 2. The minimum absolute atomic E-state index is 0.225. The molecular formula is C21H27N5O6S2. The van der Waals surface area contributed by atoms with E-state index in [2.05, 4.69) is 43.3 Å². The number of nitrogens with zero attached hydrogens (tertiary/aromatic N) is 4. The number of azo groups is 1. The summed E-state index contributed by atoms with van der Waals surface area (Å²) in [6, 6.07) is 6.89. The van der Waals surface area contributed by atoms with Gasteiger partial charge in [-0.2, -0.15) is 5.23 Å². The largest absolute Gasteiger partial charge is 0.595 e. The van der Waals surface area contributed by atoms with Gasteiger partial charge < -0.3 is 14.8 Å². The minimum atomic E-state index is -0.990. The zero-order valence-corrected chi connectivity index (χ0v) is 20.9. The Morgan fingerprint density at radius 1 is 1.18 bits per heavy atom. The summed E-state index contributed by atoms with van der Waals surface area (Å²) in [5.41, 5.74) is 2.79. The lowest BCUT2D eigenvalue weighted by molar-refractivity contribution is -0.991. The van der Waals surface area contributed by atoms with Crippen LogP contribution in [0.5, 0.6) is 5.75 Å². The average Bonchev–Trinajstić information content (AvgIpc) is 3.22. The second kappa shape index (κ2) is 12.4. The highest BCUT2D eigenvalue weighted by atomic mass is 32.2. The molecule has 0 saturated carbocycles. The van der Waals surface area contributed by atoms with Crippen molar-refractivity contribution in [3.05, 3.63) is 35.0 Å². The Labute approximate surface area is 205 Å². The lowest BCUT2D eigenvalue weighted by atomic mass is 10.2. The minimum Gasteiger partial charge on any atom is -0.595 e. The highest BCUT2D eigenvalue weighted by Crippen LogP contribution is 2.42. The van der Waals surface area contributed by atoms with Crippen LogP contribution < -0.4 is 14.9 Å². The van der Waals surface area contributed by atoms with Crippen molar-refractivity contribution in [2.24, 2.45) is 10.2 Å². The second-order valence-electron chi connectivity index (χ2n) is 7.34. The van der Waals surface area contributed by atoms with Crippen LogP contribution >= 0.6 is 23.4 Å². The number of hydrogen-bond donors (Lipinski definition) is 3. The van der Waals surface area contributed by atoms with Gasteiger partial charge in [0.25, 0.3) is 0 Å². The second-order valence-corrected chi connectivity index (χ2v) is 9.09. The summed E-state index contributed by atoms with van der Waals surface area (Å²) in [5, 5.41) is 41.2. The molecule has 34 heavy (non-hydrogen) atoms. The lowest BCUT2D eigenvalue weighted by Crippen LogP contribution is -2.99. The number of fused-ring (bicyclic) bond motifs is 1. The van der Waals surface area contributed by atoms with Crippen LogP contribution in [-0.2, 0) is 9.37 Å². The third-order valence-electron chi connectivity index (χ3n) is 4.94. The molecule has 0 fully saturated rings. The zero-order valence-electron chi connectivity index (χ0n) is 19.3. The molecule has 0 aliphatic carbocycles. The molecule has 0 bridgehead atoms. The van der Waals surface area contributed by atoms with Gasteiger partial charge >= 0.3 is 0 Å². The first-order chi connectivity index (χ1) is 16.4. The fourth-order valence-corrected chi connectivity index (χ4v) is 4.73. The monoisotopic (exact) mass is 509 g/mol. The fourth-order valence-electron chi connectivity index (χ4n) is 3.47. The van der Waals surface area contributed by atoms with Gasteiger partial charge in [-0.25, -0.2) is 15.4 Å². The van der Waals surface area contributed by atoms with Crippen LogP contribution in [0.25, 0.3) is 10.2 Å². The first kappa shape index (κ1) is 26.2. The molecule has 0 aliphatic heterocycles. The summed E-state index contributed by atoms with van der Waals surface area (Å²) in [4.78, 5) is 7.20. The molecule has 0 spiro atoms. The summed E-state index contributed by atoms with van der Waals surface area (Å²) < 4.78 is 11.0. The maximum absolute atomic E-state index is 11.4. The van der Waals surface area contributed by atoms with Crippen molar-refractivity contribution in [2.45, 2.75) is 38.5 Å². The molecule has 2 aromatic carbocycles. The molecule has 1 unspecified atom stereocenters. The van der Waals surface area contributed by atoms with Crippen molar-refractivity contribution < 1.29 is 29.8 Å². The van der Waals surface area contributed by atoms with Gasteiger partial charge in [0, 0.05) is 30.8 Å². The number of ether oxygens (including phenoxy) is 1. The Bertz CT molecular complexity index is 1130. The van der Waals surface area contributed by atoms with Crippen molar-refractivity contribution in [3.8, 4) is 5.75 Å². The molecule has 11 nitrogen and oxygen atoms in total. The summed E-state index contributed by atoms with van der Waals surface area (Å²) in [6.07, 6.45) is 1.92. The molecule has 0 aliphatic rings. The first-order valence-corrected chi connectivity index (χ1v) is 12.2. The summed E-state index contributed by atoms with van der Waals surface area (Å²) in [6.45, 7) is 7.63. The van der Waals surface area contributed by atoms with E-state index in [4.69, 9.17) is 9.99 Å². The van der Waals surface area contributed by atoms with E-state index in [-0.39, 0.29) is 5.69 Å². The Hall–Kier alpha value is -2.36. The van der Waals surface area contributed by atoms with Crippen LogP contribution in [0.4, 0.5) is 22.2 Å². The van der Waals surface area contributed by atoms with Crippen LogP contribution in [0.15, 0.2) is 39.4 Å². The topological polar surface area (TPSA) is 136 Å². The van der Waals surface area contributed by atoms with Crippen LogP contribution in [0, 0.1) is 12.1 Å². The smallest absolute Gasteiger partial charge is 0.231 e. The summed E-state index contributed by atoms with van der Waals surface area (Å²) in [5.74, 6) is 0.621. The van der Waals surface area contributed by atoms with Crippen LogP contribution in [-0.4, -0.2) is 35.6 Å². The molecule has 1 atom stereocenters. The first-order valence-electron chi connectivity index (χ1n) is 10.6. The van der Waals surface area contributed by atoms with E-state index in [1.807, 2.05) is 6.07 Å². The van der Waals surface area contributed by atoms with Gasteiger partial charge in [-0.05, 0) is 31.9 Å². The van der Waals surface area contributed by atoms with Gasteiger partial charge in [0.05, 0.1) is 40.0 Å². The number of thiazole rings is 1. The predicted octanol–water partition coefficient (Wildman–Crippen LogP) is 5.49. The SMILES string of the molecule is CCCN(CCC)c1cc(SOOO)c(/N=N/c2nc3cc(C)c([NH+]([O-])O)cc3s2)cc1OC. The number of aryl methyl sites for hydroxylation is 1. The van der Waals surface area contributed by atoms with Gasteiger partial charge in [-0.1, -0.05) is 30.2 Å². The number of hydrogen-bond acceptors (Lipinski definition) is 12. The number of methoxy groups -OCH3 is 1. The summed E-state index contributed by atoms with van der Waals surface area (Å²) >= 11 is 2.03. The fraction of sp³-hybridized carbons (Fsp3) is 0.381. The molecule has 184 valence electrons. The molecule has 0 saturated heterocycles. The number of quaternary nitrogens is 1. The Morgan fingerprint density at radius 2 is 1.91 bits per heavy atom. The normalized spacial score (nSPS) is 12.6. The zero-order chi connectivity index (χ0) is 24.7. The average molecular weight is 510 g/mol. The maximum atomic E-state index is 11.4. The van der Waals surface area contributed by atoms with Crippen molar-refractivity contribution in [3.63, 3.8) is 0 Å². The van der Waals surface area contributed by atoms with Crippen LogP contribution in [0.3, 0.4) is 0 Å². The molecule has 3 aromatic rings. The summed E-state index contributed by atoms with van der Waals surface area (Å²) in [7, 11) is 1.59. The number of nitrogens with one attached hydrogen (secondary N) is 1. The van der Waals surface area contributed by atoms with Gasteiger partial charge in [0.15, 0.2) is 5.69 Å². The van der Waals surface area contributed by atoms with Gasteiger partial charge in [0.1, 0.15) is 11.4 Å². The van der Waals surface area contributed by atoms with Crippen LogP contribution in [0.1, 0.15) is 32.3 Å². The molecule has 3 N–H and O–H groups in total. The molecule has 1 heterocycles. The maximum Gasteiger partial charge on any atom is 0.231 e. The van der Waals surface area contributed by atoms with Gasteiger partial charge in [-0.3, -0.25) is 0 Å². The molecule has 1 aromatic heterocycles. The molecular weight excluding hydrogens is 482 g/mol. The van der Waals surface area contributed by atoms with Gasteiger partial charge in [0.2, 0.25) is 5.13 Å². The van der Waals surface area contributed by atoms with Gasteiger partial charge in [-0.15, -0.1) is 14.6 Å². The number of anilines is 1. The third kappa shape index (κ3) is 6.20. The van der Waals surface area contributed by atoms with Crippen molar-refractivity contribution >= 4 is 55.8 Å². The predicted molar refractivity (Wildman–Crippen MR) is 131 cm³/mol. The van der Waals surface area contributed by atoms with Crippen molar-refractivity contribution in [1.29, 1.82) is 0 Å². The molecule has 0 radical (unpaired) electrons. The lowest BCUT2D eigenvalue weighted by Gasteiger charge is -2.26. The quantitative estimate of drug-likeness (QED) is 0.125. The number of aromatic nitrogens is 1. The van der Waals surface area contributed by atoms with E-state index >= 15 is 0 Å². The van der Waals surface area contributed by atoms with Crippen molar-refractivity contribution in [1.82, 2.24) is 4.98 Å². The Morgan fingerprint density at radius 3 is 2.53 bits per heavy atom. The van der Waals surface area contributed by atoms with Crippen LogP contribution in [0.2, 0.25) is 0 Å². The molecule has 13 heteroatoms. The van der Waals surface area contributed by atoms with E-state index < -0.39 is 5.23 Å². The highest BCUT2D eigenvalue weighted by molar-refractivity contribution is 7.94. The van der Waals surface area contributed by atoms with E-state index in [1.165, 1.54) is 11.3 Å². The molecule has 0 amide bonds. The van der Waals surface area contributed by atoms with E-state index in [1.54, 1.807) is 32.2 Å². The van der Waals surface area contributed by atoms with Crippen molar-refractivity contribution in [2.75, 3.05) is 25.1 Å². The standard InChI is InChI=1S/C21H27N5O6S2/c1-5-7-25(8-6-2)17-12-20(34-32-31-29)15(10-18(17)30-4)23-24-21-22-14-9-13(3)16(26(27)28)11-19(14)33-21/h9-12,26-27,29H,5-8H2,1-4H3/b24-23+. The Kier molecular flexibility index (Phi) is 9.55. The molecule has 3 rings (SSSR count).